The summed E-state index contributed by atoms with van der Waals surface area (Å²) < 4.78 is 14.4. The molecule has 8 heteroatoms. The van der Waals surface area contributed by atoms with Crippen LogP contribution in [0, 0.1) is 0 Å². The third-order valence-corrected chi connectivity index (χ3v) is 4.74. The van der Waals surface area contributed by atoms with Gasteiger partial charge < -0.3 is 9.47 Å². The van der Waals surface area contributed by atoms with E-state index < -0.39 is 0 Å². The Morgan fingerprint density at radius 2 is 2.07 bits per heavy atom. The van der Waals surface area contributed by atoms with Gasteiger partial charge in [-0.15, -0.1) is 6.58 Å². The summed E-state index contributed by atoms with van der Waals surface area (Å²) in [6.45, 7) is 11.9. The highest BCUT2D eigenvalue weighted by Crippen LogP contribution is 2.14. The first-order valence-corrected chi connectivity index (χ1v) is 9.74. The van der Waals surface area contributed by atoms with E-state index in [1.54, 1.807) is 21.4 Å². The number of aromatic nitrogens is 4. The molecule has 0 unspecified atom stereocenters. The van der Waals surface area contributed by atoms with Gasteiger partial charge in [-0.05, 0) is 12.8 Å². The minimum Gasteiger partial charge on any atom is -0.463 e. The second-order valence-corrected chi connectivity index (χ2v) is 6.70. The predicted molar refractivity (Wildman–Crippen MR) is 104 cm³/mol. The van der Waals surface area contributed by atoms with Gasteiger partial charge in [0, 0.05) is 32.7 Å². The fourth-order valence-corrected chi connectivity index (χ4v) is 3.24. The Kier molecular flexibility index (Phi) is 7.00. The number of fused-ring (bicyclic) bond motifs is 1. The second kappa shape index (κ2) is 9.66. The zero-order chi connectivity index (χ0) is 19.1. The van der Waals surface area contributed by atoms with Crippen LogP contribution in [0.4, 0.5) is 0 Å². The maximum absolute atomic E-state index is 12.9. The number of ether oxygens (including phenoxy) is 2. The molecule has 0 saturated carbocycles. The largest absolute Gasteiger partial charge is 0.463 e. The van der Waals surface area contributed by atoms with Crippen LogP contribution in [-0.2, 0) is 17.8 Å². The van der Waals surface area contributed by atoms with Gasteiger partial charge in [-0.2, -0.15) is 4.98 Å². The number of unbranched alkanes of at least 4 members (excludes halogenated alkanes) is 1. The van der Waals surface area contributed by atoms with E-state index in [9.17, 15) is 4.79 Å². The summed E-state index contributed by atoms with van der Waals surface area (Å²) in [6, 6.07) is 0.327. The molecule has 0 spiro atoms. The topological polar surface area (TPSA) is 74.4 Å². The maximum atomic E-state index is 12.9. The number of allylic oxidation sites excluding steroid dienone is 1. The van der Waals surface area contributed by atoms with Crippen molar-refractivity contribution >= 4 is 11.2 Å². The molecule has 2 aromatic rings. The highest BCUT2D eigenvalue weighted by atomic mass is 16.5. The fourth-order valence-electron chi connectivity index (χ4n) is 3.24. The lowest BCUT2D eigenvalue weighted by molar-refractivity contribution is 0.0369. The summed E-state index contributed by atoms with van der Waals surface area (Å²) >= 11 is 0. The highest BCUT2D eigenvalue weighted by molar-refractivity contribution is 5.71. The van der Waals surface area contributed by atoms with Gasteiger partial charge in [-0.3, -0.25) is 14.0 Å². The first-order valence-electron chi connectivity index (χ1n) is 9.74. The van der Waals surface area contributed by atoms with Crippen LogP contribution in [-0.4, -0.2) is 63.5 Å². The second-order valence-electron chi connectivity index (χ2n) is 6.70. The van der Waals surface area contributed by atoms with Crippen molar-refractivity contribution in [3.05, 3.63) is 29.3 Å². The molecular formula is C19H29N5O3. The van der Waals surface area contributed by atoms with Crippen LogP contribution < -0.4 is 10.4 Å². The molecular weight excluding hydrogens is 346 g/mol. The molecule has 0 atom stereocenters. The molecule has 8 nitrogen and oxygen atoms in total. The van der Waals surface area contributed by atoms with Gasteiger partial charge >= 0.3 is 11.7 Å². The predicted octanol–water partition coefficient (Wildman–Crippen LogP) is 1.68. The summed E-state index contributed by atoms with van der Waals surface area (Å²) in [4.78, 5) is 24.0. The van der Waals surface area contributed by atoms with E-state index in [4.69, 9.17) is 9.47 Å². The van der Waals surface area contributed by atoms with Crippen molar-refractivity contribution in [2.75, 3.05) is 39.5 Å². The quantitative estimate of drug-likeness (QED) is 0.465. The smallest absolute Gasteiger partial charge is 0.330 e. The van der Waals surface area contributed by atoms with Crippen molar-refractivity contribution < 1.29 is 9.47 Å². The van der Waals surface area contributed by atoms with Gasteiger partial charge in [0.05, 0.1) is 26.0 Å². The average molecular weight is 375 g/mol. The van der Waals surface area contributed by atoms with E-state index in [2.05, 4.69) is 28.4 Å². The van der Waals surface area contributed by atoms with E-state index in [0.29, 0.717) is 36.9 Å². The lowest BCUT2D eigenvalue weighted by Crippen LogP contribution is -2.37. The lowest BCUT2D eigenvalue weighted by Gasteiger charge is -2.26. The number of aryl methyl sites for hydroxylation is 1. The third-order valence-electron chi connectivity index (χ3n) is 4.74. The molecule has 3 rings (SSSR count). The Morgan fingerprint density at radius 3 is 2.81 bits per heavy atom. The molecule has 3 heterocycles. The van der Waals surface area contributed by atoms with Crippen molar-refractivity contribution in [2.24, 2.45) is 0 Å². The molecule has 0 amide bonds. The normalized spacial score (nSPS) is 15.3. The van der Waals surface area contributed by atoms with E-state index in [1.807, 2.05) is 0 Å². The number of hydrogen-bond donors (Lipinski definition) is 0. The van der Waals surface area contributed by atoms with Gasteiger partial charge in [-0.1, -0.05) is 19.4 Å². The Balaban J connectivity index is 1.79. The summed E-state index contributed by atoms with van der Waals surface area (Å²) in [5.74, 6) is 0. The van der Waals surface area contributed by atoms with Crippen molar-refractivity contribution in [2.45, 2.75) is 39.3 Å². The third kappa shape index (κ3) is 4.75. The molecule has 1 saturated heterocycles. The molecule has 27 heavy (non-hydrogen) atoms. The summed E-state index contributed by atoms with van der Waals surface area (Å²) in [5.41, 5.74) is 1.27. The number of nitrogens with zero attached hydrogens (tertiary/aromatic N) is 5. The van der Waals surface area contributed by atoms with Crippen LogP contribution in [0.15, 0.2) is 23.6 Å². The van der Waals surface area contributed by atoms with Gasteiger partial charge in [0.2, 0.25) is 0 Å². The minimum atomic E-state index is -0.0770. The van der Waals surface area contributed by atoms with Crippen LogP contribution in [0.1, 0.15) is 26.2 Å². The molecule has 0 aromatic carbocycles. The summed E-state index contributed by atoms with van der Waals surface area (Å²) in [5, 5.41) is 0. The molecule has 0 radical (unpaired) electrons. The number of hydrogen-bond acceptors (Lipinski definition) is 6. The Morgan fingerprint density at radius 1 is 1.26 bits per heavy atom. The van der Waals surface area contributed by atoms with Gasteiger partial charge in [0.1, 0.15) is 5.52 Å². The van der Waals surface area contributed by atoms with Crippen LogP contribution >= 0.6 is 0 Å². The molecule has 2 aromatic heterocycles. The number of rotatable bonds is 10. The first-order chi connectivity index (χ1) is 13.2. The van der Waals surface area contributed by atoms with Crippen LogP contribution in [0.2, 0.25) is 0 Å². The van der Waals surface area contributed by atoms with Crippen molar-refractivity contribution in [1.29, 1.82) is 0 Å². The molecule has 1 aliphatic rings. The SMILES string of the molecule is C=CCn1c(=O)n(CCCN2CCOCC2)c2nc(OCCCC)ncc21. The van der Waals surface area contributed by atoms with Crippen molar-refractivity contribution in [3.8, 4) is 6.01 Å². The zero-order valence-electron chi connectivity index (χ0n) is 16.1. The van der Waals surface area contributed by atoms with Gasteiger partial charge in [0.15, 0.2) is 5.65 Å². The first kappa shape index (κ1) is 19.6. The zero-order valence-corrected chi connectivity index (χ0v) is 16.1. The number of imidazole rings is 1. The summed E-state index contributed by atoms with van der Waals surface area (Å²) in [7, 11) is 0. The van der Waals surface area contributed by atoms with Crippen LogP contribution in [0.5, 0.6) is 6.01 Å². The van der Waals surface area contributed by atoms with Crippen LogP contribution in [0.25, 0.3) is 11.2 Å². The monoisotopic (exact) mass is 375 g/mol. The van der Waals surface area contributed by atoms with E-state index >= 15 is 0 Å². The van der Waals surface area contributed by atoms with Crippen molar-refractivity contribution in [1.82, 2.24) is 24.0 Å². The van der Waals surface area contributed by atoms with E-state index in [-0.39, 0.29) is 5.69 Å². The van der Waals surface area contributed by atoms with E-state index in [1.165, 1.54) is 0 Å². The number of morpholine rings is 1. The maximum Gasteiger partial charge on any atom is 0.330 e. The molecule has 0 N–H and O–H groups in total. The molecule has 0 bridgehead atoms. The van der Waals surface area contributed by atoms with Gasteiger partial charge in [-0.25, -0.2) is 9.78 Å². The molecule has 0 aliphatic carbocycles. The Hall–Kier alpha value is -2.19. The average Bonchev–Trinajstić information content (AvgIpc) is 2.95. The Labute approximate surface area is 159 Å². The summed E-state index contributed by atoms with van der Waals surface area (Å²) in [6.07, 6.45) is 6.26. The fraction of sp³-hybridized carbons (Fsp3) is 0.632. The minimum absolute atomic E-state index is 0.0770. The molecule has 148 valence electrons. The molecule has 1 fully saturated rings. The van der Waals surface area contributed by atoms with E-state index in [0.717, 1.165) is 52.1 Å². The van der Waals surface area contributed by atoms with Crippen LogP contribution in [0.3, 0.4) is 0 Å². The lowest BCUT2D eigenvalue weighted by atomic mass is 10.3. The van der Waals surface area contributed by atoms with Crippen molar-refractivity contribution in [3.63, 3.8) is 0 Å². The molecule has 1 aliphatic heterocycles. The standard InChI is InChI=1S/C19H29N5O3/c1-3-5-12-27-18-20-15-16-17(21-18)24(19(25)23(16)7-4-2)9-6-8-22-10-13-26-14-11-22/h4,15H,2-3,5-14H2,1H3. The van der Waals surface area contributed by atoms with Gasteiger partial charge in [0.25, 0.3) is 0 Å². The highest BCUT2D eigenvalue weighted by Gasteiger charge is 2.16. The Bertz CT molecular complexity index is 808.